The van der Waals surface area contributed by atoms with Crippen molar-refractivity contribution in [2.24, 2.45) is 5.92 Å². The van der Waals surface area contributed by atoms with Crippen LogP contribution in [0.25, 0.3) is 11.4 Å². The van der Waals surface area contributed by atoms with Gasteiger partial charge in [0.15, 0.2) is 11.0 Å². The molecule has 0 atom stereocenters. The van der Waals surface area contributed by atoms with Gasteiger partial charge in [-0.25, -0.2) is 4.39 Å². The van der Waals surface area contributed by atoms with Crippen LogP contribution in [0.4, 0.5) is 4.39 Å². The Balaban J connectivity index is 1.74. The average molecular weight is 427 g/mol. The van der Waals surface area contributed by atoms with Crippen LogP contribution in [0.3, 0.4) is 0 Å². The first-order valence-corrected chi connectivity index (χ1v) is 10.9. The smallest absolute Gasteiger partial charge is 0.233 e. The van der Waals surface area contributed by atoms with Gasteiger partial charge in [-0.05, 0) is 36.1 Å². The molecule has 0 saturated heterocycles. The van der Waals surface area contributed by atoms with Gasteiger partial charge in [0.25, 0.3) is 0 Å². The molecule has 0 aliphatic heterocycles. The highest BCUT2D eigenvalue weighted by atomic mass is 32.2. The van der Waals surface area contributed by atoms with E-state index in [1.807, 2.05) is 35.8 Å². The molecule has 1 heterocycles. The predicted molar refractivity (Wildman–Crippen MR) is 119 cm³/mol. The monoisotopic (exact) mass is 426 g/mol. The Morgan fingerprint density at radius 2 is 1.83 bits per heavy atom. The molecule has 0 bridgehead atoms. The summed E-state index contributed by atoms with van der Waals surface area (Å²) in [6.07, 6.45) is 0. The number of thioether (sulfide) groups is 1. The third-order valence-electron chi connectivity index (χ3n) is 4.80. The lowest BCUT2D eigenvalue weighted by Crippen LogP contribution is -2.28. The van der Waals surface area contributed by atoms with Gasteiger partial charge in [0.2, 0.25) is 5.91 Å². The number of aryl methyl sites for hydroxylation is 1. The summed E-state index contributed by atoms with van der Waals surface area (Å²) in [6.45, 7) is 7.42. The molecule has 0 spiro atoms. The minimum Gasteiger partial charge on any atom is -0.341 e. The van der Waals surface area contributed by atoms with Gasteiger partial charge < -0.3 is 9.47 Å². The van der Waals surface area contributed by atoms with Crippen molar-refractivity contribution in [3.05, 3.63) is 65.5 Å². The van der Waals surface area contributed by atoms with Crippen LogP contribution in [0.1, 0.15) is 25.0 Å². The summed E-state index contributed by atoms with van der Waals surface area (Å²) in [6, 6.07) is 14.6. The highest BCUT2D eigenvalue weighted by molar-refractivity contribution is 7.99. The van der Waals surface area contributed by atoms with Gasteiger partial charge in [-0.15, -0.1) is 10.2 Å². The summed E-state index contributed by atoms with van der Waals surface area (Å²) in [7, 11) is 1.80. The fourth-order valence-electron chi connectivity index (χ4n) is 3.13. The Kier molecular flexibility index (Phi) is 7.26. The first-order chi connectivity index (χ1) is 14.4. The second kappa shape index (κ2) is 9.89. The number of benzene rings is 2. The molecule has 0 aliphatic rings. The van der Waals surface area contributed by atoms with Crippen molar-refractivity contribution in [2.45, 2.75) is 39.0 Å². The number of hydrogen-bond donors (Lipinski definition) is 0. The molecule has 30 heavy (non-hydrogen) atoms. The maximum atomic E-state index is 14.3. The minimum absolute atomic E-state index is 0.00907. The quantitative estimate of drug-likeness (QED) is 0.486. The Hall–Kier alpha value is -2.67. The van der Waals surface area contributed by atoms with Crippen LogP contribution in [0, 0.1) is 18.7 Å². The van der Waals surface area contributed by atoms with E-state index in [1.54, 1.807) is 30.1 Å². The summed E-state index contributed by atoms with van der Waals surface area (Å²) in [4.78, 5) is 14.4. The summed E-state index contributed by atoms with van der Waals surface area (Å²) >= 11 is 1.34. The van der Waals surface area contributed by atoms with Gasteiger partial charge in [0.05, 0.1) is 11.3 Å². The number of amides is 1. The molecule has 3 rings (SSSR count). The highest BCUT2D eigenvalue weighted by Crippen LogP contribution is 2.27. The van der Waals surface area contributed by atoms with Crippen molar-refractivity contribution in [1.82, 2.24) is 19.7 Å². The molecule has 3 aromatic rings. The van der Waals surface area contributed by atoms with E-state index >= 15 is 0 Å². The van der Waals surface area contributed by atoms with E-state index in [4.69, 9.17) is 0 Å². The first kappa shape index (κ1) is 22.0. The molecule has 0 radical (unpaired) electrons. The largest absolute Gasteiger partial charge is 0.341 e. The lowest BCUT2D eigenvalue weighted by molar-refractivity contribution is -0.127. The van der Waals surface area contributed by atoms with Crippen molar-refractivity contribution in [1.29, 1.82) is 0 Å². The molecule has 0 aliphatic carbocycles. The summed E-state index contributed by atoms with van der Waals surface area (Å²) < 4.78 is 16.2. The standard InChI is InChI=1S/C23H27FN4OS/c1-16(2)13-28-22(19-11-7-8-12-20(19)24)25-26-23(28)30-15-21(29)27(4)14-18-10-6-5-9-17(18)3/h5-12,16H,13-15H2,1-4H3. The molecule has 2 aromatic carbocycles. The number of aromatic nitrogens is 3. The van der Waals surface area contributed by atoms with Gasteiger partial charge in [-0.2, -0.15) is 0 Å². The lowest BCUT2D eigenvalue weighted by Gasteiger charge is -2.18. The SMILES string of the molecule is Cc1ccccc1CN(C)C(=O)CSc1nnc(-c2ccccc2F)n1CC(C)C. The van der Waals surface area contributed by atoms with E-state index in [0.29, 0.717) is 35.6 Å². The molecule has 0 saturated carbocycles. The van der Waals surface area contributed by atoms with Crippen LogP contribution in [-0.4, -0.2) is 38.4 Å². The third-order valence-corrected chi connectivity index (χ3v) is 5.75. The molecule has 0 N–H and O–H groups in total. The number of halogens is 1. The summed E-state index contributed by atoms with van der Waals surface area (Å²) in [5.41, 5.74) is 2.71. The number of hydrogen-bond acceptors (Lipinski definition) is 4. The molecule has 1 amide bonds. The fraction of sp³-hybridized carbons (Fsp3) is 0.348. The molecule has 0 unspecified atom stereocenters. The van der Waals surface area contributed by atoms with Gasteiger partial charge in [-0.3, -0.25) is 4.79 Å². The Labute approximate surface area is 181 Å². The van der Waals surface area contributed by atoms with Gasteiger partial charge >= 0.3 is 0 Å². The zero-order valence-electron chi connectivity index (χ0n) is 17.8. The Bertz CT molecular complexity index is 1020. The summed E-state index contributed by atoms with van der Waals surface area (Å²) in [5, 5.41) is 9.11. The topological polar surface area (TPSA) is 51.0 Å². The van der Waals surface area contributed by atoms with Crippen molar-refractivity contribution in [3.8, 4) is 11.4 Å². The van der Waals surface area contributed by atoms with Crippen LogP contribution in [0.15, 0.2) is 53.7 Å². The maximum Gasteiger partial charge on any atom is 0.233 e. The zero-order chi connectivity index (χ0) is 21.7. The molecule has 158 valence electrons. The van der Waals surface area contributed by atoms with Crippen LogP contribution in [-0.2, 0) is 17.9 Å². The Morgan fingerprint density at radius 1 is 1.13 bits per heavy atom. The molecule has 7 heteroatoms. The number of rotatable bonds is 8. The van der Waals surface area contributed by atoms with E-state index in [1.165, 1.54) is 17.8 Å². The van der Waals surface area contributed by atoms with Crippen molar-refractivity contribution in [2.75, 3.05) is 12.8 Å². The fourth-order valence-corrected chi connectivity index (χ4v) is 4.02. The minimum atomic E-state index is -0.333. The van der Waals surface area contributed by atoms with Gasteiger partial charge in [0.1, 0.15) is 5.82 Å². The van der Waals surface area contributed by atoms with Crippen molar-refractivity contribution in [3.63, 3.8) is 0 Å². The normalized spacial score (nSPS) is 11.1. The van der Waals surface area contributed by atoms with E-state index in [2.05, 4.69) is 24.0 Å². The molecule has 5 nitrogen and oxygen atoms in total. The van der Waals surface area contributed by atoms with Gasteiger partial charge in [0, 0.05) is 20.1 Å². The number of carbonyl (C=O) groups excluding carboxylic acids is 1. The Morgan fingerprint density at radius 3 is 2.53 bits per heavy atom. The molecule has 0 fully saturated rings. The van der Waals surface area contributed by atoms with E-state index in [9.17, 15) is 9.18 Å². The second-order valence-corrected chi connectivity index (χ2v) is 8.70. The first-order valence-electron chi connectivity index (χ1n) is 9.96. The molecular weight excluding hydrogens is 399 g/mol. The zero-order valence-corrected chi connectivity index (χ0v) is 18.6. The second-order valence-electron chi connectivity index (χ2n) is 7.76. The van der Waals surface area contributed by atoms with E-state index in [0.717, 1.165) is 11.1 Å². The molecular formula is C23H27FN4OS. The number of carbonyl (C=O) groups is 1. The summed E-state index contributed by atoms with van der Waals surface area (Å²) in [5.74, 6) is 0.737. The number of nitrogens with zero attached hydrogens (tertiary/aromatic N) is 4. The van der Waals surface area contributed by atoms with Crippen LogP contribution < -0.4 is 0 Å². The average Bonchev–Trinajstić information content (AvgIpc) is 3.09. The van der Waals surface area contributed by atoms with Crippen molar-refractivity contribution < 1.29 is 9.18 Å². The van der Waals surface area contributed by atoms with Crippen LogP contribution in [0.5, 0.6) is 0 Å². The molecule has 1 aromatic heterocycles. The van der Waals surface area contributed by atoms with Crippen LogP contribution in [0.2, 0.25) is 0 Å². The van der Waals surface area contributed by atoms with Crippen molar-refractivity contribution >= 4 is 17.7 Å². The third kappa shape index (κ3) is 5.27. The van der Waals surface area contributed by atoms with E-state index < -0.39 is 0 Å². The van der Waals surface area contributed by atoms with Crippen LogP contribution >= 0.6 is 11.8 Å². The maximum absolute atomic E-state index is 14.3. The lowest BCUT2D eigenvalue weighted by atomic mass is 10.1. The highest BCUT2D eigenvalue weighted by Gasteiger charge is 2.19. The van der Waals surface area contributed by atoms with Gasteiger partial charge in [-0.1, -0.05) is 62.0 Å². The van der Waals surface area contributed by atoms with E-state index in [-0.39, 0.29) is 17.5 Å². The predicted octanol–water partition coefficient (Wildman–Crippen LogP) is 4.80.